The molecule has 1 N–H and O–H groups in total. The zero-order valence-electron chi connectivity index (χ0n) is 17.9. The number of methoxy groups -OCH3 is 1. The monoisotopic (exact) mass is 412 g/mol. The number of nitrogens with one attached hydrogen (secondary N) is 1. The van der Waals surface area contributed by atoms with Crippen molar-refractivity contribution < 1.29 is 14.4 Å². The van der Waals surface area contributed by atoms with Crippen molar-refractivity contribution in [3.05, 3.63) is 53.1 Å². The maximum absolute atomic E-state index is 13.6. The molecule has 0 aliphatic heterocycles. The van der Waals surface area contributed by atoms with E-state index in [9.17, 15) is 4.79 Å². The van der Waals surface area contributed by atoms with Crippen LogP contribution in [0.3, 0.4) is 0 Å². The van der Waals surface area contributed by atoms with Gasteiger partial charge in [0.25, 0.3) is 5.91 Å². The minimum absolute atomic E-state index is 0.0174. The molecule has 1 aromatic heterocycles. The number of hydrogen-bond acceptors (Lipinski definition) is 4. The van der Waals surface area contributed by atoms with Crippen LogP contribution in [0.25, 0.3) is 10.2 Å². The zero-order valence-corrected chi connectivity index (χ0v) is 18.7. The molecule has 29 heavy (non-hydrogen) atoms. The summed E-state index contributed by atoms with van der Waals surface area (Å²) in [6.45, 7) is 12.0. The van der Waals surface area contributed by atoms with Gasteiger partial charge in [-0.25, -0.2) is 4.98 Å². The summed E-state index contributed by atoms with van der Waals surface area (Å²) < 4.78 is 6.36. The molecule has 6 heteroatoms. The van der Waals surface area contributed by atoms with Gasteiger partial charge in [-0.05, 0) is 57.5 Å². The van der Waals surface area contributed by atoms with Crippen molar-refractivity contribution in [1.29, 1.82) is 0 Å². The molecule has 154 valence electrons. The number of carbonyl (C=O) groups excluding carboxylic acids is 1. The van der Waals surface area contributed by atoms with Gasteiger partial charge in [0, 0.05) is 5.56 Å². The van der Waals surface area contributed by atoms with Crippen molar-refractivity contribution in [3.63, 3.8) is 0 Å². The van der Waals surface area contributed by atoms with Crippen molar-refractivity contribution in [2.45, 2.75) is 27.7 Å². The molecule has 0 aliphatic carbocycles. The Morgan fingerprint density at radius 2 is 1.90 bits per heavy atom. The average molecular weight is 413 g/mol. The van der Waals surface area contributed by atoms with Crippen molar-refractivity contribution in [2.24, 2.45) is 0 Å². The predicted octanol–water partition coefficient (Wildman–Crippen LogP) is 3.49. The van der Waals surface area contributed by atoms with Gasteiger partial charge >= 0.3 is 0 Å². The normalized spacial score (nSPS) is 11.2. The molecule has 5 nitrogen and oxygen atoms in total. The molecule has 0 radical (unpaired) electrons. The Hall–Kier alpha value is -2.44. The molecule has 0 unspecified atom stereocenters. The minimum Gasteiger partial charge on any atom is -0.497 e. The van der Waals surface area contributed by atoms with Crippen LogP contribution in [0.2, 0.25) is 0 Å². The van der Waals surface area contributed by atoms with Crippen LogP contribution < -0.4 is 14.5 Å². The number of ether oxygens (including phenoxy) is 1. The number of likely N-dealkylation sites (N-methyl/N-ethyl adjacent to an activating group) is 1. The molecule has 0 aliphatic rings. The number of benzene rings is 2. The van der Waals surface area contributed by atoms with Crippen LogP contribution >= 0.6 is 11.3 Å². The van der Waals surface area contributed by atoms with Crippen molar-refractivity contribution >= 4 is 32.6 Å². The number of fused-ring (bicyclic) bond motifs is 1. The summed E-state index contributed by atoms with van der Waals surface area (Å²) in [5.74, 6) is 0.816. The fourth-order valence-electron chi connectivity index (χ4n) is 3.40. The van der Waals surface area contributed by atoms with E-state index in [2.05, 4.69) is 13.8 Å². The molecular weight excluding hydrogens is 382 g/mol. The third-order valence-corrected chi connectivity index (χ3v) is 6.41. The summed E-state index contributed by atoms with van der Waals surface area (Å²) in [6.07, 6.45) is 0. The Kier molecular flexibility index (Phi) is 6.87. The van der Waals surface area contributed by atoms with Crippen LogP contribution in [-0.4, -0.2) is 44.2 Å². The number of anilines is 1. The van der Waals surface area contributed by atoms with Gasteiger partial charge in [-0.1, -0.05) is 29.0 Å². The van der Waals surface area contributed by atoms with Gasteiger partial charge in [-0.3, -0.25) is 9.69 Å². The third-order valence-electron chi connectivity index (χ3n) is 5.37. The van der Waals surface area contributed by atoms with Crippen LogP contribution in [0.4, 0.5) is 5.13 Å². The number of hydrogen-bond donors (Lipinski definition) is 1. The van der Waals surface area contributed by atoms with E-state index in [4.69, 9.17) is 9.72 Å². The Morgan fingerprint density at radius 1 is 1.14 bits per heavy atom. The Morgan fingerprint density at radius 3 is 2.59 bits per heavy atom. The van der Waals surface area contributed by atoms with Gasteiger partial charge < -0.3 is 9.64 Å². The van der Waals surface area contributed by atoms with Crippen molar-refractivity contribution in [3.8, 4) is 5.75 Å². The van der Waals surface area contributed by atoms with Gasteiger partial charge in [0.1, 0.15) is 5.75 Å². The number of thiazole rings is 1. The van der Waals surface area contributed by atoms with Gasteiger partial charge in [0.05, 0.1) is 43.5 Å². The highest BCUT2D eigenvalue weighted by Gasteiger charge is 2.24. The van der Waals surface area contributed by atoms with Crippen LogP contribution in [0.15, 0.2) is 36.4 Å². The number of carbonyl (C=O) groups is 1. The van der Waals surface area contributed by atoms with E-state index in [1.807, 2.05) is 55.1 Å². The molecule has 0 fully saturated rings. The molecule has 0 atom stereocenters. The topological polar surface area (TPSA) is 46.9 Å². The maximum atomic E-state index is 13.6. The molecule has 0 spiro atoms. The zero-order chi connectivity index (χ0) is 21.0. The Labute approximate surface area is 176 Å². The molecule has 0 saturated heterocycles. The first-order valence-corrected chi connectivity index (χ1v) is 11.0. The van der Waals surface area contributed by atoms with Crippen LogP contribution in [0, 0.1) is 13.8 Å². The summed E-state index contributed by atoms with van der Waals surface area (Å²) >= 11 is 1.54. The SMILES string of the molecule is CC[NH+](CC)CCN(C(=O)c1cc(C)ccc1C)c1nc2ccc(OC)cc2s1. The third kappa shape index (κ3) is 4.77. The highest BCUT2D eigenvalue weighted by atomic mass is 32.1. The first kappa shape index (κ1) is 21.3. The van der Waals surface area contributed by atoms with Crippen LogP contribution in [-0.2, 0) is 0 Å². The smallest absolute Gasteiger partial charge is 0.260 e. The standard InChI is InChI=1S/C23H29N3O2S/c1-6-25(7-2)12-13-26(22(27)19-14-16(3)8-9-17(19)4)23-24-20-11-10-18(28-5)15-21(20)29-23/h8-11,14-15H,6-7,12-13H2,1-5H3/p+1. The summed E-state index contributed by atoms with van der Waals surface area (Å²) in [6, 6.07) is 11.9. The summed E-state index contributed by atoms with van der Waals surface area (Å²) in [5, 5.41) is 0.741. The summed E-state index contributed by atoms with van der Waals surface area (Å²) in [4.78, 5) is 21.7. The second-order valence-electron chi connectivity index (χ2n) is 7.31. The first-order chi connectivity index (χ1) is 14.0. The fraction of sp³-hybridized carbons (Fsp3) is 0.391. The largest absolute Gasteiger partial charge is 0.497 e. The van der Waals surface area contributed by atoms with Crippen LogP contribution in [0.1, 0.15) is 35.3 Å². The van der Waals surface area contributed by atoms with E-state index in [-0.39, 0.29) is 5.91 Å². The quantitative estimate of drug-likeness (QED) is 0.616. The fourth-order valence-corrected chi connectivity index (χ4v) is 4.42. The minimum atomic E-state index is 0.0174. The molecule has 3 aromatic rings. The summed E-state index contributed by atoms with van der Waals surface area (Å²) in [5.41, 5.74) is 3.71. The molecule has 1 amide bonds. The lowest BCUT2D eigenvalue weighted by molar-refractivity contribution is -0.894. The molecule has 2 aromatic carbocycles. The summed E-state index contributed by atoms with van der Waals surface area (Å²) in [7, 11) is 1.66. The number of aryl methyl sites for hydroxylation is 2. The highest BCUT2D eigenvalue weighted by Crippen LogP contribution is 2.32. The lowest BCUT2D eigenvalue weighted by atomic mass is 10.0. The number of nitrogens with zero attached hydrogens (tertiary/aromatic N) is 2. The predicted molar refractivity (Wildman–Crippen MR) is 121 cm³/mol. The first-order valence-electron chi connectivity index (χ1n) is 10.1. The van der Waals surface area contributed by atoms with E-state index in [1.165, 1.54) is 16.2 Å². The lowest BCUT2D eigenvalue weighted by Crippen LogP contribution is -3.12. The van der Waals surface area contributed by atoms with Gasteiger partial charge in [0.2, 0.25) is 0 Å². The number of quaternary nitrogens is 1. The lowest BCUT2D eigenvalue weighted by Gasteiger charge is -2.23. The maximum Gasteiger partial charge on any atom is 0.260 e. The molecule has 3 rings (SSSR count). The number of rotatable bonds is 8. The molecular formula is C23H30N3O2S+. The highest BCUT2D eigenvalue weighted by molar-refractivity contribution is 7.22. The van der Waals surface area contributed by atoms with E-state index in [0.717, 1.165) is 57.4 Å². The van der Waals surface area contributed by atoms with E-state index >= 15 is 0 Å². The average Bonchev–Trinajstić information content (AvgIpc) is 3.15. The Balaban J connectivity index is 2.00. The second-order valence-corrected chi connectivity index (χ2v) is 8.32. The second kappa shape index (κ2) is 9.37. The van der Waals surface area contributed by atoms with Crippen LogP contribution in [0.5, 0.6) is 5.75 Å². The van der Waals surface area contributed by atoms with Gasteiger partial charge in [-0.15, -0.1) is 0 Å². The molecule has 0 bridgehead atoms. The van der Waals surface area contributed by atoms with Gasteiger partial charge in [-0.2, -0.15) is 0 Å². The van der Waals surface area contributed by atoms with Crippen molar-refractivity contribution in [2.75, 3.05) is 38.2 Å². The molecule has 0 saturated carbocycles. The van der Waals surface area contributed by atoms with Crippen molar-refractivity contribution in [1.82, 2.24) is 4.98 Å². The molecule has 1 heterocycles. The number of aromatic nitrogens is 1. The van der Waals surface area contributed by atoms with Gasteiger partial charge in [0.15, 0.2) is 5.13 Å². The van der Waals surface area contributed by atoms with E-state index in [0.29, 0.717) is 6.54 Å². The van der Waals surface area contributed by atoms with E-state index < -0.39 is 0 Å². The number of amides is 1. The Bertz CT molecular complexity index is 995. The van der Waals surface area contributed by atoms with E-state index in [1.54, 1.807) is 7.11 Å².